The highest BCUT2D eigenvalue weighted by molar-refractivity contribution is 7.89. The van der Waals surface area contributed by atoms with Crippen LogP contribution in [-0.4, -0.2) is 15.5 Å². The first-order valence-electron chi connectivity index (χ1n) is 7.30. The van der Waals surface area contributed by atoms with Crippen LogP contribution in [0.25, 0.3) is 0 Å². The van der Waals surface area contributed by atoms with Gasteiger partial charge in [0.05, 0.1) is 7.11 Å². The van der Waals surface area contributed by atoms with Crippen LogP contribution in [0.15, 0.2) is 47.4 Å². The largest absolute Gasteiger partial charge is 0.495 e. The number of methoxy groups -OCH3 is 1. The monoisotopic (exact) mass is 353 g/mol. The Bertz CT molecular complexity index is 790. The Morgan fingerprint density at radius 3 is 2.52 bits per heavy atom. The quantitative estimate of drug-likeness (QED) is 0.851. The molecule has 0 aliphatic carbocycles. The Balaban J connectivity index is 2.41. The number of benzene rings is 2. The van der Waals surface area contributed by atoms with E-state index >= 15 is 0 Å². The number of hydrogen-bond acceptors (Lipinski definition) is 3. The molecule has 1 unspecified atom stereocenters. The van der Waals surface area contributed by atoms with E-state index in [4.69, 9.17) is 16.3 Å². The van der Waals surface area contributed by atoms with Crippen molar-refractivity contribution in [3.63, 3.8) is 0 Å². The highest BCUT2D eigenvalue weighted by Crippen LogP contribution is 2.29. The van der Waals surface area contributed by atoms with E-state index in [1.54, 1.807) is 12.1 Å². The summed E-state index contributed by atoms with van der Waals surface area (Å²) in [5, 5.41) is 0.343. The molecule has 2 aromatic rings. The number of rotatable bonds is 6. The summed E-state index contributed by atoms with van der Waals surface area (Å²) in [7, 11) is -2.33. The fraction of sp³-hybridized carbons (Fsp3) is 0.294. The zero-order valence-electron chi connectivity index (χ0n) is 13.3. The van der Waals surface area contributed by atoms with Crippen LogP contribution < -0.4 is 9.46 Å². The summed E-state index contributed by atoms with van der Waals surface area (Å²) < 4.78 is 33.4. The number of aryl methyl sites for hydroxylation is 1. The second kappa shape index (κ2) is 7.34. The Labute approximate surface area is 142 Å². The summed E-state index contributed by atoms with van der Waals surface area (Å²) >= 11 is 5.94. The van der Waals surface area contributed by atoms with Crippen LogP contribution in [0.3, 0.4) is 0 Å². The molecular formula is C17H20ClNO3S. The van der Waals surface area contributed by atoms with Crippen LogP contribution in [0.2, 0.25) is 5.02 Å². The number of halogens is 1. The molecule has 0 saturated heterocycles. The molecule has 0 bridgehead atoms. The average molecular weight is 354 g/mol. The first kappa shape index (κ1) is 17.8. The van der Waals surface area contributed by atoms with E-state index in [2.05, 4.69) is 4.72 Å². The topological polar surface area (TPSA) is 55.4 Å². The van der Waals surface area contributed by atoms with Crippen LogP contribution in [-0.2, 0) is 10.0 Å². The summed E-state index contributed by atoms with van der Waals surface area (Å²) in [6.07, 6.45) is 0.632. The average Bonchev–Trinajstić information content (AvgIpc) is 2.53. The zero-order valence-corrected chi connectivity index (χ0v) is 14.9. The molecule has 124 valence electrons. The molecule has 0 heterocycles. The smallest absolute Gasteiger partial charge is 0.244 e. The van der Waals surface area contributed by atoms with Crippen molar-refractivity contribution in [3.8, 4) is 5.75 Å². The molecule has 0 radical (unpaired) electrons. The Morgan fingerprint density at radius 1 is 1.22 bits per heavy atom. The highest BCUT2D eigenvalue weighted by atomic mass is 35.5. The van der Waals surface area contributed by atoms with E-state index in [9.17, 15) is 8.42 Å². The lowest BCUT2D eigenvalue weighted by Gasteiger charge is -2.20. The normalized spacial score (nSPS) is 12.9. The van der Waals surface area contributed by atoms with Gasteiger partial charge in [-0.2, -0.15) is 0 Å². The third-order valence-electron chi connectivity index (χ3n) is 3.68. The number of hydrogen-bond donors (Lipinski definition) is 1. The van der Waals surface area contributed by atoms with Gasteiger partial charge in [-0.05, 0) is 42.7 Å². The van der Waals surface area contributed by atoms with Gasteiger partial charge >= 0.3 is 0 Å². The maximum absolute atomic E-state index is 12.8. The summed E-state index contributed by atoms with van der Waals surface area (Å²) in [6.45, 7) is 3.90. The summed E-state index contributed by atoms with van der Waals surface area (Å²) in [5.41, 5.74) is 2.00. The predicted octanol–water partition coefficient (Wildman–Crippen LogP) is 4.09. The molecule has 0 amide bonds. The lowest BCUT2D eigenvalue weighted by molar-refractivity contribution is 0.402. The molecule has 2 rings (SSSR count). The van der Waals surface area contributed by atoms with Gasteiger partial charge in [0.25, 0.3) is 0 Å². The molecule has 6 heteroatoms. The molecule has 0 saturated carbocycles. The maximum Gasteiger partial charge on any atom is 0.244 e. The van der Waals surface area contributed by atoms with Gasteiger partial charge in [0.1, 0.15) is 10.6 Å². The van der Waals surface area contributed by atoms with Crippen LogP contribution >= 0.6 is 11.6 Å². The molecule has 4 nitrogen and oxygen atoms in total. The van der Waals surface area contributed by atoms with E-state index in [1.165, 1.54) is 13.2 Å². The van der Waals surface area contributed by atoms with Gasteiger partial charge in [0.15, 0.2) is 0 Å². The first-order chi connectivity index (χ1) is 10.9. The van der Waals surface area contributed by atoms with E-state index in [0.717, 1.165) is 11.1 Å². The minimum Gasteiger partial charge on any atom is -0.495 e. The fourth-order valence-electron chi connectivity index (χ4n) is 2.46. The molecular weight excluding hydrogens is 334 g/mol. The lowest BCUT2D eigenvalue weighted by Crippen LogP contribution is -2.29. The van der Waals surface area contributed by atoms with Crippen molar-refractivity contribution in [2.45, 2.75) is 31.2 Å². The van der Waals surface area contributed by atoms with Crippen molar-refractivity contribution >= 4 is 21.6 Å². The maximum atomic E-state index is 12.8. The number of sulfonamides is 1. The predicted molar refractivity (Wildman–Crippen MR) is 92.5 cm³/mol. The fourth-order valence-corrected chi connectivity index (χ4v) is 4.19. The standard InChI is InChI=1S/C17H20ClNO3S/c1-4-15(14-8-6-5-7-12(14)2)19-23(20,21)17-11-13(18)9-10-16(17)22-3/h5-11,15,19H,4H2,1-3H3. The van der Waals surface area contributed by atoms with E-state index in [1.807, 2.05) is 38.1 Å². The summed E-state index contributed by atoms with van der Waals surface area (Å²) in [4.78, 5) is 0.0412. The van der Waals surface area contributed by atoms with Gasteiger partial charge in [-0.1, -0.05) is 42.8 Å². The number of nitrogens with one attached hydrogen (secondary N) is 1. The van der Waals surface area contributed by atoms with Gasteiger partial charge in [-0.25, -0.2) is 13.1 Å². The molecule has 0 spiro atoms. The molecule has 1 atom stereocenters. The Kier molecular flexibility index (Phi) is 5.68. The molecule has 0 aliphatic heterocycles. The Morgan fingerprint density at radius 2 is 1.91 bits per heavy atom. The molecule has 1 N–H and O–H groups in total. The molecule has 0 fully saturated rings. The summed E-state index contributed by atoms with van der Waals surface area (Å²) in [6, 6.07) is 12.0. The molecule has 2 aromatic carbocycles. The van der Waals surface area contributed by atoms with Crippen molar-refractivity contribution < 1.29 is 13.2 Å². The SMILES string of the molecule is CCC(NS(=O)(=O)c1cc(Cl)ccc1OC)c1ccccc1C. The van der Waals surface area contributed by atoms with Gasteiger partial charge in [0, 0.05) is 11.1 Å². The van der Waals surface area contributed by atoms with Crippen LogP contribution in [0.4, 0.5) is 0 Å². The van der Waals surface area contributed by atoms with Crippen molar-refractivity contribution in [1.82, 2.24) is 4.72 Å². The lowest BCUT2D eigenvalue weighted by atomic mass is 10.0. The molecule has 0 aromatic heterocycles. The van der Waals surface area contributed by atoms with Gasteiger partial charge in [-0.3, -0.25) is 0 Å². The van der Waals surface area contributed by atoms with E-state index in [0.29, 0.717) is 11.4 Å². The first-order valence-corrected chi connectivity index (χ1v) is 9.16. The highest BCUT2D eigenvalue weighted by Gasteiger charge is 2.24. The summed E-state index contributed by atoms with van der Waals surface area (Å²) in [5.74, 6) is 0.265. The van der Waals surface area contributed by atoms with Crippen molar-refractivity contribution in [1.29, 1.82) is 0 Å². The van der Waals surface area contributed by atoms with E-state index < -0.39 is 10.0 Å². The van der Waals surface area contributed by atoms with Crippen molar-refractivity contribution in [2.24, 2.45) is 0 Å². The third kappa shape index (κ3) is 4.05. The van der Waals surface area contributed by atoms with E-state index in [-0.39, 0.29) is 16.7 Å². The number of ether oxygens (including phenoxy) is 1. The van der Waals surface area contributed by atoms with Crippen molar-refractivity contribution in [3.05, 3.63) is 58.6 Å². The minimum atomic E-state index is -3.76. The second-order valence-electron chi connectivity index (χ2n) is 5.23. The Hall–Kier alpha value is -1.56. The second-order valence-corrected chi connectivity index (χ2v) is 7.35. The van der Waals surface area contributed by atoms with Gasteiger partial charge in [-0.15, -0.1) is 0 Å². The molecule has 0 aliphatic rings. The minimum absolute atomic E-state index is 0.0412. The molecule has 23 heavy (non-hydrogen) atoms. The third-order valence-corrected chi connectivity index (χ3v) is 5.41. The van der Waals surface area contributed by atoms with Crippen molar-refractivity contribution in [2.75, 3.05) is 7.11 Å². The van der Waals surface area contributed by atoms with Crippen LogP contribution in [0.5, 0.6) is 5.75 Å². The van der Waals surface area contributed by atoms with Crippen LogP contribution in [0.1, 0.15) is 30.5 Å². The van der Waals surface area contributed by atoms with Gasteiger partial charge < -0.3 is 4.74 Å². The van der Waals surface area contributed by atoms with Gasteiger partial charge in [0.2, 0.25) is 10.0 Å². The zero-order chi connectivity index (χ0) is 17.0. The van der Waals surface area contributed by atoms with Crippen LogP contribution in [0, 0.1) is 6.92 Å².